The van der Waals surface area contributed by atoms with Gasteiger partial charge in [-0.3, -0.25) is 18.9 Å². The topological polar surface area (TPSA) is 75.9 Å². The lowest BCUT2D eigenvalue weighted by molar-refractivity contribution is -0.123. The molecular weight excluding hydrogens is 420 g/mol. The molecule has 2 aromatic rings. The Labute approximate surface area is 185 Å². The summed E-state index contributed by atoms with van der Waals surface area (Å²) in [6.07, 6.45) is 4.93. The van der Waals surface area contributed by atoms with Gasteiger partial charge in [-0.05, 0) is 44.4 Å². The van der Waals surface area contributed by atoms with E-state index in [-0.39, 0.29) is 17.5 Å². The summed E-state index contributed by atoms with van der Waals surface area (Å²) in [5, 5.41) is 3.22. The second-order valence-corrected chi connectivity index (χ2v) is 8.87. The van der Waals surface area contributed by atoms with Gasteiger partial charge in [-0.15, -0.1) is 0 Å². The third-order valence-corrected chi connectivity index (χ3v) is 6.28. The summed E-state index contributed by atoms with van der Waals surface area (Å²) in [4.78, 5) is 32.9. The molecule has 2 aromatic heterocycles. The molecule has 1 amide bonds. The number of nitrogens with zero attached hydrogens (tertiary/aromatic N) is 3. The molecule has 3 heterocycles. The summed E-state index contributed by atoms with van der Waals surface area (Å²) in [6, 6.07) is 3.73. The molecule has 0 spiro atoms. The number of rotatable bonds is 8. The summed E-state index contributed by atoms with van der Waals surface area (Å²) in [6.45, 7) is 7.08. The van der Waals surface area contributed by atoms with Gasteiger partial charge < -0.3 is 10.1 Å². The number of amides is 1. The van der Waals surface area contributed by atoms with Crippen LogP contribution in [0.25, 0.3) is 11.7 Å². The average molecular weight is 447 g/mol. The summed E-state index contributed by atoms with van der Waals surface area (Å²) in [5.41, 5.74) is 1.61. The monoisotopic (exact) mass is 446 g/mol. The van der Waals surface area contributed by atoms with Gasteiger partial charge in [0.05, 0.1) is 10.5 Å². The van der Waals surface area contributed by atoms with Crippen molar-refractivity contribution in [1.82, 2.24) is 14.3 Å². The first-order valence-electron chi connectivity index (χ1n) is 9.90. The Bertz CT molecular complexity index is 1060. The number of hydrogen-bond donors (Lipinski definition) is 1. The number of aromatic nitrogens is 2. The second-order valence-electron chi connectivity index (χ2n) is 7.20. The van der Waals surface area contributed by atoms with Gasteiger partial charge in [-0.1, -0.05) is 37.0 Å². The van der Waals surface area contributed by atoms with E-state index in [1.54, 1.807) is 24.3 Å². The molecule has 160 valence electrons. The van der Waals surface area contributed by atoms with Crippen LogP contribution in [-0.4, -0.2) is 50.8 Å². The van der Waals surface area contributed by atoms with Gasteiger partial charge in [0.1, 0.15) is 15.8 Å². The highest BCUT2D eigenvalue weighted by molar-refractivity contribution is 8.26. The average Bonchev–Trinajstić information content (AvgIpc) is 3.01. The van der Waals surface area contributed by atoms with Crippen molar-refractivity contribution in [3.05, 3.63) is 44.7 Å². The van der Waals surface area contributed by atoms with Crippen molar-refractivity contribution in [2.75, 3.05) is 25.6 Å². The Morgan fingerprint density at radius 3 is 2.83 bits per heavy atom. The lowest BCUT2D eigenvalue weighted by Crippen LogP contribution is -2.36. The lowest BCUT2D eigenvalue weighted by atomic mass is 10.2. The lowest BCUT2D eigenvalue weighted by Gasteiger charge is -2.21. The molecule has 0 aliphatic carbocycles. The van der Waals surface area contributed by atoms with Crippen LogP contribution in [0.4, 0.5) is 5.82 Å². The van der Waals surface area contributed by atoms with Crippen LogP contribution in [0.3, 0.4) is 0 Å². The SMILES string of the molecule is CC[C@H](C)N1C(=O)/C(=C/c2c(NCCCOC)nc3ccc(C)cn3c2=O)SC1=S. The number of carbonyl (C=O) groups excluding carboxylic acids is 1. The van der Waals surface area contributed by atoms with Crippen molar-refractivity contribution in [2.24, 2.45) is 0 Å². The van der Waals surface area contributed by atoms with Crippen molar-refractivity contribution in [2.45, 2.75) is 39.7 Å². The Kier molecular flexibility index (Phi) is 7.27. The Morgan fingerprint density at radius 1 is 1.37 bits per heavy atom. The Hall–Kier alpha value is -2.23. The maximum Gasteiger partial charge on any atom is 0.267 e. The van der Waals surface area contributed by atoms with Crippen LogP contribution < -0.4 is 10.9 Å². The van der Waals surface area contributed by atoms with E-state index < -0.39 is 0 Å². The minimum atomic E-state index is -0.230. The zero-order valence-corrected chi connectivity index (χ0v) is 19.2. The summed E-state index contributed by atoms with van der Waals surface area (Å²) < 4.78 is 7.11. The number of thioether (sulfide) groups is 1. The van der Waals surface area contributed by atoms with Gasteiger partial charge >= 0.3 is 0 Å². The van der Waals surface area contributed by atoms with E-state index in [4.69, 9.17) is 17.0 Å². The zero-order chi connectivity index (χ0) is 21.8. The highest BCUT2D eigenvalue weighted by Gasteiger charge is 2.35. The van der Waals surface area contributed by atoms with Crippen LogP contribution in [0, 0.1) is 6.92 Å². The summed E-state index contributed by atoms with van der Waals surface area (Å²) >= 11 is 6.63. The molecule has 3 rings (SSSR count). The van der Waals surface area contributed by atoms with Crippen LogP contribution in [0.5, 0.6) is 0 Å². The molecule has 7 nitrogen and oxygen atoms in total. The number of fused-ring (bicyclic) bond motifs is 1. The molecule has 0 aromatic carbocycles. The second kappa shape index (κ2) is 9.72. The maximum absolute atomic E-state index is 13.3. The van der Waals surface area contributed by atoms with Gasteiger partial charge in [0.15, 0.2) is 0 Å². The molecule has 1 saturated heterocycles. The highest BCUT2D eigenvalue weighted by Crippen LogP contribution is 2.34. The fraction of sp³-hybridized carbons (Fsp3) is 0.429. The molecule has 0 saturated carbocycles. The number of nitrogens with one attached hydrogen (secondary N) is 1. The van der Waals surface area contributed by atoms with E-state index in [2.05, 4.69) is 10.3 Å². The number of anilines is 1. The molecule has 0 radical (unpaired) electrons. The standard InChI is InChI=1S/C21H26N4O3S2/c1-5-14(3)25-20(27)16(30-21(25)29)11-15-18(22-9-6-10-28-4)23-17-8-7-13(2)12-24(17)19(15)26/h7-8,11-12,14,22H,5-6,9-10H2,1-4H3/b16-11-/t14-/m0/s1. The van der Waals surface area contributed by atoms with Gasteiger partial charge in [0.2, 0.25) is 0 Å². The number of ether oxygens (including phenoxy) is 1. The number of carbonyl (C=O) groups is 1. The Morgan fingerprint density at radius 2 is 2.13 bits per heavy atom. The summed E-state index contributed by atoms with van der Waals surface area (Å²) in [5.74, 6) is 0.284. The predicted molar refractivity (Wildman–Crippen MR) is 126 cm³/mol. The quantitative estimate of drug-likeness (QED) is 0.378. The number of thiocarbonyl (C=S) groups is 1. The first kappa shape index (κ1) is 22.5. The zero-order valence-electron chi connectivity index (χ0n) is 17.6. The minimum absolute atomic E-state index is 0.00788. The molecule has 30 heavy (non-hydrogen) atoms. The van der Waals surface area contributed by atoms with E-state index in [0.29, 0.717) is 39.4 Å². The van der Waals surface area contributed by atoms with Crippen molar-refractivity contribution in [3.63, 3.8) is 0 Å². The van der Waals surface area contributed by atoms with E-state index >= 15 is 0 Å². The van der Waals surface area contributed by atoms with Gasteiger partial charge in [0.25, 0.3) is 11.5 Å². The molecule has 1 N–H and O–H groups in total. The molecule has 0 unspecified atom stereocenters. The van der Waals surface area contributed by atoms with Crippen molar-refractivity contribution < 1.29 is 9.53 Å². The van der Waals surface area contributed by atoms with E-state index in [9.17, 15) is 9.59 Å². The maximum atomic E-state index is 13.3. The van der Waals surface area contributed by atoms with Crippen LogP contribution in [0.1, 0.15) is 37.8 Å². The molecule has 1 aliphatic heterocycles. The molecule has 1 fully saturated rings. The third-order valence-electron chi connectivity index (χ3n) is 4.95. The third kappa shape index (κ3) is 4.58. The van der Waals surface area contributed by atoms with Crippen LogP contribution >= 0.6 is 24.0 Å². The smallest absolute Gasteiger partial charge is 0.267 e. The molecule has 1 atom stereocenters. The van der Waals surface area contributed by atoms with Gasteiger partial charge in [-0.25, -0.2) is 4.98 Å². The van der Waals surface area contributed by atoms with Gasteiger partial charge in [0, 0.05) is 32.5 Å². The largest absolute Gasteiger partial charge is 0.385 e. The number of pyridine rings is 1. The number of aryl methyl sites for hydroxylation is 1. The summed E-state index contributed by atoms with van der Waals surface area (Å²) in [7, 11) is 1.65. The van der Waals surface area contributed by atoms with Gasteiger partial charge in [-0.2, -0.15) is 0 Å². The predicted octanol–water partition coefficient (Wildman–Crippen LogP) is 3.45. The minimum Gasteiger partial charge on any atom is -0.385 e. The molecular formula is C21H26N4O3S2. The van der Waals surface area contributed by atoms with E-state index in [1.165, 1.54) is 16.2 Å². The van der Waals surface area contributed by atoms with Crippen molar-refractivity contribution >= 4 is 51.7 Å². The first-order valence-corrected chi connectivity index (χ1v) is 11.1. The highest BCUT2D eigenvalue weighted by atomic mass is 32.2. The first-order chi connectivity index (χ1) is 14.4. The van der Waals surface area contributed by atoms with Crippen LogP contribution in [0.2, 0.25) is 0 Å². The Balaban J connectivity index is 2.07. The van der Waals surface area contributed by atoms with Crippen LogP contribution in [-0.2, 0) is 9.53 Å². The molecule has 0 bridgehead atoms. The molecule has 9 heteroatoms. The fourth-order valence-corrected chi connectivity index (χ4v) is 4.56. The van der Waals surface area contributed by atoms with E-state index in [0.717, 1.165) is 18.4 Å². The van der Waals surface area contributed by atoms with Crippen molar-refractivity contribution in [3.8, 4) is 0 Å². The number of methoxy groups -OCH3 is 1. The fourth-order valence-electron chi connectivity index (χ4n) is 3.12. The number of hydrogen-bond acceptors (Lipinski definition) is 7. The van der Waals surface area contributed by atoms with Crippen molar-refractivity contribution in [1.29, 1.82) is 0 Å². The normalized spacial score (nSPS) is 16.7. The van der Waals surface area contributed by atoms with E-state index in [1.807, 2.05) is 32.9 Å². The molecule has 1 aliphatic rings. The van der Waals surface area contributed by atoms with Crippen LogP contribution in [0.15, 0.2) is 28.0 Å².